The summed E-state index contributed by atoms with van der Waals surface area (Å²) in [6, 6.07) is 11.6. The van der Waals surface area contributed by atoms with E-state index in [4.69, 9.17) is 0 Å². The molecule has 0 spiro atoms. The highest BCUT2D eigenvalue weighted by molar-refractivity contribution is 7.92. The van der Waals surface area contributed by atoms with Crippen molar-refractivity contribution in [3.8, 4) is 0 Å². The van der Waals surface area contributed by atoms with Crippen LogP contribution >= 0.6 is 0 Å². The zero-order valence-corrected chi connectivity index (χ0v) is 17.5. The van der Waals surface area contributed by atoms with Gasteiger partial charge in [-0.3, -0.25) is 13.9 Å². The van der Waals surface area contributed by atoms with Crippen molar-refractivity contribution in [2.45, 2.75) is 19.3 Å². The number of likely N-dealkylation sites (tertiary alicyclic amines) is 1. The summed E-state index contributed by atoms with van der Waals surface area (Å²) in [7, 11) is -3.83. The molecule has 0 aromatic heterocycles. The second-order valence-corrected chi connectivity index (χ2v) is 9.10. The molecular formula is C21H24FN3O4S. The van der Waals surface area contributed by atoms with Gasteiger partial charge in [0.05, 0.1) is 23.2 Å². The van der Waals surface area contributed by atoms with Crippen molar-refractivity contribution in [2.75, 3.05) is 35.5 Å². The van der Waals surface area contributed by atoms with Crippen LogP contribution in [0.4, 0.5) is 15.8 Å². The molecule has 1 heterocycles. The number of piperidine rings is 1. The number of nitrogens with one attached hydrogen (secondary N) is 1. The summed E-state index contributed by atoms with van der Waals surface area (Å²) in [5.74, 6) is -1.42. The molecule has 160 valence electrons. The second kappa shape index (κ2) is 9.25. The Morgan fingerprint density at radius 3 is 2.43 bits per heavy atom. The highest BCUT2D eigenvalue weighted by Gasteiger charge is 2.24. The maximum absolute atomic E-state index is 13.6. The Morgan fingerprint density at radius 1 is 1.07 bits per heavy atom. The smallest absolute Gasteiger partial charge is 0.255 e. The molecule has 9 heteroatoms. The van der Waals surface area contributed by atoms with Gasteiger partial charge in [0.2, 0.25) is 15.9 Å². The first-order chi connectivity index (χ1) is 14.3. The van der Waals surface area contributed by atoms with E-state index in [9.17, 15) is 22.4 Å². The molecule has 0 atom stereocenters. The number of anilines is 2. The average molecular weight is 434 g/mol. The third kappa shape index (κ3) is 5.35. The number of benzene rings is 2. The fourth-order valence-electron chi connectivity index (χ4n) is 3.40. The van der Waals surface area contributed by atoms with Crippen molar-refractivity contribution in [1.29, 1.82) is 0 Å². The highest BCUT2D eigenvalue weighted by atomic mass is 32.2. The number of carbonyl (C=O) groups excluding carboxylic acids is 2. The third-order valence-electron chi connectivity index (χ3n) is 4.86. The summed E-state index contributed by atoms with van der Waals surface area (Å²) in [4.78, 5) is 27.3. The summed E-state index contributed by atoms with van der Waals surface area (Å²) in [6.07, 6.45) is 3.91. The normalized spacial score (nSPS) is 14.3. The molecule has 2 aromatic rings. The Bertz CT molecular complexity index is 1040. The van der Waals surface area contributed by atoms with Crippen LogP contribution in [0.25, 0.3) is 0 Å². The van der Waals surface area contributed by atoms with Crippen LogP contribution in [0.2, 0.25) is 0 Å². The number of amides is 2. The maximum atomic E-state index is 13.6. The van der Waals surface area contributed by atoms with Crippen LogP contribution < -0.4 is 9.62 Å². The van der Waals surface area contributed by atoms with Crippen molar-refractivity contribution >= 4 is 33.2 Å². The Kier molecular flexibility index (Phi) is 6.71. The number of sulfonamides is 1. The number of para-hydroxylation sites is 1. The van der Waals surface area contributed by atoms with Crippen LogP contribution in [0.15, 0.2) is 48.5 Å². The van der Waals surface area contributed by atoms with Gasteiger partial charge in [-0.15, -0.1) is 0 Å². The molecule has 0 radical (unpaired) electrons. The van der Waals surface area contributed by atoms with E-state index in [2.05, 4.69) is 5.32 Å². The SMILES string of the molecule is CS(=O)(=O)N(CC(=O)Nc1ccccc1C(=O)N1CCCCC1)c1cccc(F)c1. The lowest BCUT2D eigenvalue weighted by Gasteiger charge is -2.27. The molecule has 3 rings (SSSR count). The van der Waals surface area contributed by atoms with E-state index in [0.717, 1.165) is 35.9 Å². The zero-order valence-electron chi connectivity index (χ0n) is 16.7. The third-order valence-corrected chi connectivity index (χ3v) is 6.00. The predicted octanol–water partition coefficient (Wildman–Crippen LogP) is 2.86. The first kappa shape index (κ1) is 21.8. The molecule has 1 aliphatic heterocycles. The minimum atomic E-state index is -3.83. The highest BCUT2D eigenvalue weighted by Crippen LogP contribution is 2.22. The van der Waals surface area contributed by atoms with Gasteiger partial charge in [-0.1, -0.05) is 18.2 Å². The molecule has 0 aliphatic carbocycles. The Balaban J connectivity index is 1.79. The quantitative estimate of drug-likeness (QED) is 0.759. The standard InChI is InChI=1S/C21H24FN3O4S/c1-30(28,29)25(17-9-7-8-16(22)14-17)15-20(26)23-19-11-4-3-10-18(19)21(27)24-12-5-2-6-13-24/h3-4,7-11,14H,2,5-6,12-13,15H2,1H3,(H,23,26). The lowest BCUT2D eigenvalue weighted by molar-refractivity contribution is -0.114. The minimum absolute atomic E-state index is 0.0466. The van der Waals surface area contributed by atoms with Crippen molar-refractivity contribution in [1.82, 2.24) is 4.90 Å². The van der Waals surface area contributed by atoms with Gasteiger partial charge in [0.15, 0.2) is 0 Å². The minimum Gasteiger partial charge on any atom is -0.339 e. The summed E-state index contributed by atoms with van der Waals surface area (Å²) in [5.41, 5.74) is 0.709. The van der Waals surface area contributed by atoms with Crippen LogP contribution in [0.1, 0.15) is 29.6 Å². The van der Waals surface area contributed by atoms with Gasteiger partial charge >= 0.3 is 0 Å². The molecule has 1 fully saturated rings. The monoisotopic (exact) mass is 433 g/mol. The molecule has 2 aromatic carbocycles. The van der Waals surface area contributed by atoms with Crippen molar-refractivity contribution in [3.63, 3.8) is 0 Å². The molecule has 7 nitrogen and oxygen atoms in total. The number of hydrogen-bond acceptors (Lipinski definition) is 4. The number of hydrogen-bond donors (Lipinski definition) is 1. The topological polar surface area (TPSA) is 86.8 Å². The molecule has 1 saturated heterocycles. The predicted molar refractivity (Wildman–Crippen MR) is 113 cm³/mol. The second-order valence-electron chi connectivity index (χ2n) is 7.20. The lowest BCUT2D eigenvalue weighted by Crippen LogP contribution is -2.38. The fourth-order valence-corrected chi connectivity index (χ4v) is 4.25. The van der Waals surface area contributed by atoms with Crippen molar-refractivity contribution in [3.05, 3.63) is 59.9 Å². The first-order valence-electron chi connectivity index (χ1n) is 9.67. The number of nitrogens with zero attached hydrogens (tertiary/aromatic N) is 2. The van der Waals surface area contributed by atoms with Gasteiger partial charge in [-0.05, 0) is 49.6 Å². The Morgan fingerprint density at radius 2 is 1.77 bits per heavy atom. The molecule has 0 unspecified atom stereocenters. The Hall–Kier alpha value is -2.94. The Labute approximate surface area is 175 Å². The van der Waals surface area contributed by atoms with E-state index in [-0.39, 0.29) is 11.6 Å². The fraction of sp³-hybridized carbons (Fsp3) is 0.333. The molecule has 0 bridgehead atoms. The van der Waals surface area contributed by atoms with E-state index in [1.165, 1.54) is 18.2 Å². The summed E-state index contributed by atoms with van der Waals surface area (Å²) < 4.78 is 38.7. The van der Waals surface area contributed by atoms with Crippen LogP contribution in [-0.2, 0) is 14.8 Å². The lowest BCUT2D eigenvalue weighted by atomic mass is 10.1. The van der Waals surface area contributed by atoms with Gasteiger partial charge in [0.25, 0.3) is 5.91 Å². The van der Waals surface area contributed by atoms with Gasteiger partial charge in [-0.2, -0.15) is 0 Å². The molecule has 2 amide bonds. The number of carbonyl (C=O) groups is 2. The number of halogens is 1. The van der Waals surface area contributed by atoms with E-state index in [0.29, 0.717) is 24.3 Å². The van der Waals surface area contributed by atoms with E-state index < -0.39 is 28.3 Å². The van der Waals surface area contributed by atoms with Crippen LogP contribution in [0, 0.1) is 5.82 Å². The summed E-state index contributed by atoms with van der Waals surface area (Å²) in [6.45, 7) is 0.791. The van der Waals surface area contributed by atoms with E-state index in [1.54, 1.807) is 29.2 Å². The molecule has 0 saturated carbocycles. The number of rotatable bonds is 6. The van der Waals surface area contributed by atoms with Crippen molar-refractivity contribution in [2.24, 2.45) is 0 Å². The van der Waals surface area contributed by atoms with Gasteiger partial charge in [0, 0.05) is 13.1 Å². The van der Waals surface area contributed by atoms with E-state index in [1.807, 2.05) is 0 Å². The van der Waals surface area contributed by atoms with Gasteiger partial charge in [-0.25, -0.2) is 12.8 Å². The average Bonchev–Trinajstić information content (AvgIpc) is 2.72. The van der Waals surface area contributed by atoms with Gasteiger partial charge < -0.3 is 10.2 Å². The van der Waals surface area contributed by atoms with Crippen LogP contribution in [0.5, 0.6) is 0 Å². The van der Waals surface area contributed by atoms with Crippen molar-refractivity contribution < 1.29 is 22.4 Å². The van der Waals surface area contributed by atoms with Crippen LogP contribution in [-0.4, -0.2) is 51.0 Å². The maximum Gasteiger partial charge on any atom is 0.255 e. The molecule has 1 N–H and O–H groups in total. The largest absolute Gasteiger partial charge is 0.339 e. The molecule has 30 heavy (non-hydrogen) atoms. The first-order valence-corrected chi connectivity index (χ1v) is 11.5. The van der Waals surface area contributed by atoms with E-state index >= 15 is 0 Å². The summed E-state index contributed by atoms with van der Waals surface area (Å²) in [5, 5.41) is 2.63. The van der Waals surface area contributed by atoms with Gasteiger partial charge in [0.1, 0.15) is 12.4 Å². The molecule has 1 aliphatic rings. The zero-order chi connectivity index (χ0) is 21.7. The molecular weight excluding hydrogens is 409 g/mol. The van der Waals surface area contributed by atoms with Crippen LogP contribution in [0.3, 0.4) is 0 Å². The summed E-state index contributed by atoms with van der Waals surface area (Å²) >= 11 is 0.